The number of methoxy groups -OCH3 is 1. The first kappa shape index (κ1) is 13.3. The van der Waals surface area contributed by atoms with Crippen molar-refractivity contribution in [1.82, 2.24) is 0 Å². The molecule has 1 fully saturated rings. The first-order valence-corrected chi connectivity index (χ1v) is 6.71. The minimum Gasteiger partial charge on any atom is -0.389 e. The second-order valence-electron chi connectivity index (χ2n) is 4.87. The summed E-state index contributed by atoms with van der Waals surface area (Å²) in [5.74, 6) is 0. The van der Waals surface area contributed by atoms with Gasteiger partial charge in [-0.1, -0.05) is 24.4 Å². The van der Waals surface area contributed by atoms with Gasteiger partial charge in [0.05, 0.1) is 6.10 Å². The molecule has 98 valence electrons. The fourth-order valence-corrected chi connectivity index (χ4v) is 2.72. The van der Waals surface area contributed by atoms with Gasteiger partial charge in [0, 0.05) is 24.4 Å². The number of para-hydroxylation sites is 1. The Bertz CT molecular complexity index is 447. The third-order valence-corrected chi connectivity index (χ3v) is 3.82. The van der Waals surface area contributed by atoms with E-state index >= 15 is 0 Å². The minimum atomic E-state index is 0.375. The Balaban J connectivity index is 2.16. The molecular weight excluding hydrogens is 244 g/mol. The predicted octanol–water partition coefficient (Wildman–Crippen LogP) is 2.61. The summed E-state index contributed by atoms with van der Waals surface area (Å²) in [4.78, 5) is 0.447. The summed E-state index contributed by atoms with van der Waals surface area (Å²) >= 11 is 5.11. The number of anilines is 1. The smallest absolute Gasteiger partial charge is 0.106 e. The van der Waals surface area contributed by atoms with Crippen LogP contribution < -0.4 is 11.1 Å². The van der Waals surface area contributed by atoms with E-state index in [0.29, 0.717) is 17.1 Å². The van der Waals surface area contributed by atoms with Crippen LogP contribution in [0.25, 0.3) is 0 Å². The lowest BCUT2D eigenvalue weighted by atomic mass is 10.1. The number of ether oxygens (including phenoxy) is 1. The molecule has 3 N–H and O–H groups in total. The van der Waals surface area contributed by atoms with E-state index in [4.69, 9.17) is 22.7 Å². The molecule has 0 saturated heterocycles. The van der Waals surface area contributed by atoms with Gasteiger partial charge in [0.2, 0.25) is 0 Å². The summed E-state index contributed by atoms with van der Waals surface area (Å²) in [6, 6.07) is 6.48. The van der Waals surface area contributed by atoms with Crippen molar-refractivity contribution in [2.24, 2.45) is 5.73 Å². The molecule has 0 amide bonds. The zero-order chi connectivity index (χ0) is 13.1. The van der Waals surface area contributed by atoms with Gasteiger partial charge in [-0.25, -0.2) is 0 Å². The van der Waals surface area contributed by atoms with Gasteiger partial charge in [0.1, 0.15) is 4.99 Å². The summed E-state index contributed by atoms with van der Waals surface area (Å²) in [6.45, 7) is 2.08. The molecule has 0 radical (unpaired) electrons. The Morgan fingerprint density at radius 2 is 2.22 bits per heavy atom. The largest absolute Gasteiger partial charge is 0.389 e. The molecule has 1 saturated carbocycles. The molecule has 0 bridgehead atoms. The first-order valence-electron chi connectivity index (χ1n) is 6.30. The van der Waals surface area contributed by atoms with Crippen molar-refractivity contribution >= 4 is 22.9 Å². The average Bonchev–Trinajstić information content (AvgIpc) is 2.79. The van der Waals surface area contributed by atoms with E-state index in [1.165, 1.54) is 5.56 Å². The van der Waals surface area contributed by atoms with Crippen LogP contribution in [-0.4, -0.2) is 24.2 Å². The Morgan fingerprint density at radius 3 is 2.83 bits per heavy atom. The number of aryl methyl sites for hydroxylation is 1. The summed E-state index contributed by atoms with van der Waals surface area (Å²) in [5.41, 5.74) is 8.97. The SMILES string of the molecule is COC1CCC(Nc2c(C)cccc2C(N)=S)C1. The fourth-order valence-electron chi connectivity index (χ4n) is 2.55. The van der Waals surface area contributed by atoms with Gasteiger partial charge in [-0.05, 0) is 37.8 Å². The average molecular weight is 264 g/mol. The van der Waals surface area contributed by atoms with Crippen molar-refractivity contribution in [3.63, 3.8) is 0 Å². The van der Waals surface area contributed by atoms with E-state index in [0.717, 1.165) is 30.5 Å². The molecular formula is C14H20N2OS. The van der Waals surface area contributed by atoms with Crippen LogP contribution >= 0.6 is 12.2 Å². The molecule has 3 nitrogen and oxygen atoms in total. The van der Waals surface area contributed by atoms with Gasteiger partial charge in [0.25, 0.3) is 0 Å². The molecule has 1 aliphatic rings. The number of hydrogen-bond donors (Lipinski definition) is 2. The van der Waals surface area contributed by atoms with Crippen LogP contribution in [0.5, 0.6) is 0 Å². The lowest BCUT2D eigenvalue weighted by molar-refractivity contribution is 0.108. The maximum Gasteiger partial charge on any atom is 0.106 e. The second-order valence-corrected chi connectivity index (χ2v) is 5.31. The molecule has 18 heavy (non-hydrogen) atoms. The maximum absolute atomic E-state index is 5.78. The molecule has 0 aliphatic heterocycles. The summed E-state index contributed by atoms with van der Waals surface area (Å²) in [7, 11) is 1.78. The molecule has 2 rings (SSSR count). The van der Waals surface area contributed by atoms with Crippen molar-refractivity contribution < 1.29 is 4.74 Å². The highest BCUT2D eigenvalue weighted by Crippen LogP contribution is 2.28. The zero-order valence-corrected chi connectivity index (χ0v) is 11.7. The number of nitrogens with one attached hydrogen (secondary N) is 1. The normalized spacial score (nSPS) is 23.0. The molecule has 0 aromatic heterocycles. The van der Waals surface area contributed by atoms with Crippen molar-refractivity contribution in [1.29, 1.82) is 0 Å². The number of rotatable bonds is 4. The van der Waals surface area contributed by atoms with Crippen LogP contribution in [0.1, 0.15) is 30.4 Å². The van der Waals surface area contributed by atoms with Gasteiger partial charge in [-0.15, -0.1) is 0 Å². The summed E-state index contributed by atoms with van der Waals surface area (Å²) < 4.78 is 5.40. The predicted molar refractivity (Wildman–Crippen MR) is 79.1 cm³/mol. The lowest BCUT2D eigenvalue weighted by Gasteiger charge is -2.19. The lowest BCUT2D eigenvalue weighted by Crippen LogP contribution is -2.21. The highest BCUT2D eigenvalue weighted by molar-refractivity contribution is 7.80. The number of hydrogen-bond acceptors (Lipinski definition) is 3. The number of thiocarbonyl (C=S) groups is 1. The molecule has 1 aromatic carbocycles. The van der Waals surface area contributed by atoms with Crippen LogP contribution in [0.15, 0.2) is 18.2 Å². The van der Waals surface area contributed by atoms with Crippen LogP contribution in [0.2, 0.25) is 0 Å². The van der Waals surface area contributed by atoms with Gasteiger partial charge in [-0.3, -0.25) is 0 Å². The Labute approximate surface area is 114 Å². The first-order chi connectivity index (χ1) is 8.61. The molecule has 0 spiro atoms. The Morgan fingerprint density at radius 1 is 1.44 bits per heavy atom. The van der Waals surface area contributed by atoms with Crippen LogP contribution in [0, 0.1) is 6.92 Å². The third kappa shape index (κ3) is 2.82. The number of nitrogens with two attached hydrogens (primary N) is 1. The van der Waals surface area contributed by atoms with Gasteiger partial charge in [-0.2, -0.15) is 0 Å². The highest BCUT2D eigenvalue weighted by atomic mass is 32.1. The minimum absolute atomic E-state index is 0.375. The van der Waals surface area contributed by atoms with Crippen LogP contribution in [-0.2, 0) is 4.74 Å². The number of benzene rings is 1. The van der Waals surface area contributed by atoms with Crippen LogP contribution in [0.4, 0.5) is 5.69 Å². The van der Waals surface area contributed by atoms with Crippen LogP contribution in [0.3, 0.4) is 0 Å². The quantitative estimate of drug-likeness (QED) is 0.821. The van der Waals surface area contributed by atoms with E-state index < -0.39 is 0 Å². The van der Waals surface area contributed by atoms with Crippen molar-refractivity contribution in [3.8, 4) is 0 Å². The van der Waals surface area contributed by atoms with Gasteiger partial charge in [0.15, 0.2) is 0 Å². The third-order valence-electron chi connectivity index (χ3n) is 3.60. The second kappa shape index (κ2) is 5.67. The monoisotopic (exact) mass is 264 g/mol. The zero-order valence-electron chi connectivity index (χ0n) is 10.9. The maximum atomic E-state index is 5.78. The van der Waals surface area contributed by atoms with Crippen molar-refractivity contribution in [2.45, 2.75) is 38.3 Å². The molecule has 0 heterocycles. The Hall–Kier alpha value is -1.13. The van der Waals surface area contributed by atoms with E-state index in [9.17, 15) is 0 Å². The summed E-state index contributed by atoms with van der Waals surface area (Å²) in [5, 5.41) is 3.58. The van der Waals surface area contributed by atoms with Crippen molar-refractivity contribution in [2.75, 3.05) is 12.4 Å². The van der Waals surface area contributed by atoms with E-state index in [2.05, 4.69) is 18.3 Å². The fraction of sp³-hybridized carbons (Fsp3) is 0.500. The topological polar surface area (TPSA) is 47.3 Å². The molecule has 4 heteroatoms. The van der Waals surface area contributed by atoms with Gasteiger partial charge < -0.3 is 15.8 Å². The standard InChI is InChI=1S/C14H20N2OS/c1-9-4-3-5-12(14(15)18)13(9)16-10-6-7-11(8-10)17-2/h3-5,10-11,16H,6-8H2,1-2H3,(H2,15,18). The van der Waals surface area contributed by atoms with Crippen molar-refractivity contribution in [3.05, 3.63) is 29.3 Å². The van der Waals surface area contributed by atoms with E-state index in [-0.39, 0.29) is 0 Å². The molecule has 2 unspecified atom stereocenters. The molecule has 1 aliphatic carbocycles. The Kier molecular flexibility index (Phi) is 4.19. The molecule has 1 aromatic rings. The molecule has 2 atom stereocenters. The summed E-state index contributed by atoms with van der Waals surface area (Å²) in [6.07, 6.45) is 3.66. The highest BCUT2D eigenvalue weighted by Gasteiger charge is 2.25. The van der Waals surface area contributed by atoms with E-state index in [1.54, 1.807) is 7.11 Å². The van der Waals surface area contributed by atoms with E-state index in [1.807, 2.05) is 12.1 Å². The van der Waals surface area contributed by atoms with Gasteiger partial charge >= 0.3 is 0 Å².